The summed E-state index contributed by atoms with van der Waals surface area (Å²) < 4.78 is 3.99. The largest absolute Gasteiger partial charge is 0.313 e. The third-order valence-corrected chi connectivity index (χ3v) is 15.2. The molecule has 16 bridgehead atoms. The fraction of sp³-hybridized carbons (Fsp3) is 0.200. The first-order valence-electron chi connectivity index (χ1n) is 20.2. The fourth-order valence-electron chi connectivity index (χ4n) is 7.16. The fourth-order valence-corrected chi connectivity index (χ4v) is 11.6. The third-order valence-electron chi connectivity index (χ3n) is 11.0. The Labute approximate surface area is 450 Å². The van der Waals surface area contributed by atoms with Crippen LogP contribution in [0.15, 0.2) is 89.6 Å². The highest BCUT2D eigenvalue weighted by Gasteiger charge is 2.29. The van der Waals surface area contributed by atoms with E-state index in [9.17, 15) is 0 Å². The van der Waals surface area contributed by atoms with Gasteiger partial charge in [-0.3, -0.25) is 0 Å². The van der Waals surface area contributed by atoms with Gasteiger partial charge in [0.05, 0.1) is 0 Å². The van der Waals surface area contributed by atoms with Gasteiger partial charge in [0.25, 0.3) is 0 Å². The maximum absolute atomic E-state index is 4.50. The smallest absolute Gasteiger partial charge is 0.153 e. The lowest BCUT2D eigenvalue weighted by molar-refractivity contribution is 0.956. The van der Waals surface area contributed by atoms with Crippen molar-refractivity contribution in [2.24, 2.45) is 0 Å². The van der Waals surface area contributed by atoms with Gasteiger partial charge in [0, 0.05) is 68.5 Å². The standard InChI is InChI=1S/2C20H17Br3N12/c2*1-32-10-5-11(25-6-24-10)33(2)16-13(22)18(29-8-27-16)35(4)20-14(23)19(30-9-31-20)34(3)17-12(21)15(32)26-7-28-17/h2*5-9H,1-4H3. The van der Waals surface area contributed by atoms with Gasteiger partial charge >= 0.3 is 0 Å². The summed E-state index contributed by atoms with van der Waals surface area (Å²) in [6.07, 6.45) is 12.0. The van der Waals surface area contributed by atoms with Crippen molar-refractivity contribution in [1.29, 1.82) is 0 Å². The summed E-state index contributed by atoms with van der Waals surface area (Å²) in [5.74, 6) is 9.88. The minimum absolute atomic E-state index is 0.605. The Kier molecular flexibility index (Phi) is 14.0. The average Bonchev–Trinajstić information content (AvgIpc) is 3.37. The van der Waals surface area contributed by atoms with E-state index in [1.54, 1.807) is 0 Å². The summed E-state index contributed by atoms with van der Waals surface area (Å²) >= 11 is 22.1. The molecule has 10 rings (SSSR count). The molecule has 0 saturated heterocycles. The number of hydrogen-bond acceptors (Lipinski definition) is 24. The van der Waals surface area contributed by atoms with Crippen LogP contribution in [0.2, 0.25) is 0 Å². The molecule has 0 atom stereocenters. The van der Waals surface area contributed by atoms with Crippen LogP contribution >= 0.6 is 95.6 Å². The highest BCUT2D eigenvalue weighted by Crippen LogP contribution is 2.45. The van der Waals surface area contributed by atoms with Gasteiger partial charge < -0.3 is 39.2 Å². The van der Waals surface area contributed by atoms with E-state index in [2.05, 4.69) is 175 Å². The topological polar surface area (TPSA) is 232 Å². The van der Waals surface area contributed by atoms with E-state index in [-0.39, 0.29) is 0 Å². The highest BCUT2D eigenvalue weighted by atomic mass is 79.9. The minimum atomic E-state index is 0.605. The molecule has 70 heavy (non-hydrogen) atoms. The van der Waals surface area contributed by atoms with Crippen molar-refractivity contribution in [1.82, 2.24) is 79.7 Å². The molecule has 24 nitrogen and oxygen atoms in total. The van der Waals surface area contributed by atoms with Gasteiger partial charge in [-0.15, -0.1) is 0 Å². The molecule has 0 amide bonds. The molecule has 0 saturated carbocycles. The Bertz CT molecular complexity index is 2890. The molecule has 30 heteroatoms. The molecular weight excluding hydrogens is 1300 g/mol. The summed E-state index contributed by atoms with van der Waals surface area (Å²) in [6, 6.07) is 3.70. The molecule has 2 aliphatic rings. The van der Waals surface area contributed by atoms with E-state index < -0.39 is 0 Å². The van der Waals surface area contributed by atoms with Gasteiger partial charge in [0.15, 0.2) is 69.8 Å². The molecular formula is C40H34Br6N24. The summed E-state index contributed by atoms with van der Waals surface area (Å²) in [7, 11) is 15.0. The van der Waals surface area contributed by atoms with Crippen molar-refractivity contribution < 1.29 is 0 Å². The Hall–Kier alpha value is -6.08. The van der Waals surface area contributed by atoms with Crippen LogP contribution in [0.3, 0.4) is 0 Å². The van der Waals surface area contributed by atoms with Crippen LogP contribution in [0, 0.1) is 0 Å². The van der Waals surface area contributed by atoms with Gasteiger partial charge in [-0.1, -0.05) is 0 Å². The van der Waals surface area contributed by atoms with E-state index in [0.717, 1.165) is 0 Å². The number of anilines is 16. The van der Waals surface area contributed by atoms with Crippen molar-refractivity contribution in [3.05, 3.63) is 89.6 Å². The van der Waals surface area contributed by atoms with Crippen LogP contribution in [0.4, 0.5) is 93.1 Å². The van der Waals surface area contributed by atoms with E-state index in [0.29, 0.717) is 120 Å². The second-order valence-corrected chi connectivity index (χ2v) is 19.7. The maximum atomic E-state index is 4.50. The number of aromatic nitrogens is 16. The molecule has 10 heterocycles. The lowest BCUT2D eigenvalue weighted by Gasteiger charge is -2.27. The van der Waals surface area contributed by atoms with Crippen molar-refractivity contribution >= 4 is 189 Å². The zero-order valence-electron chi connectivity index (χ0n) is 37.8. The Morgan fingerprint density at radius 1 is 0.214 bits per heavy atom. The van der Waals surface area contributed by atoms with Crippen LogP contribution in [0.25, 0.3) is 0 Å². The lowest BCUT2D eigenvalue weighted by Crippen LogP contribution is -2.22. The van der Waals surface area contributed by atoms with Gasteiger partial charge in [-0.2, -0.15) is 0 Å². The predicted octanol–water partition coefficient (Wildman–Crippen LogP) is 9.04. The molecule has 8 aromatic rings. The van der Waals surface area contributed by atoms with Gasteiger partial charge in [-0.05, 0) is 95.6 Å². The molecule has 356 valence electrons. The first kappa shape index (κ1) is 48.9. The molecule has 2 aliphatic heterocycles. The average molecular weight is 1330 g/mol. The van der Waals surface area contributed by atoms with Crippen LogP contribution < -0.4 is 39.2 Å². The number of fused-ring (bicyclic) bond motifs is 16. The van der Waals surface area contributed by atoms with E-state index >= 15 is 0 Å². The number of halogens is 6. The van der Waals surface area contributed by atoms with E-state index in [1.165, 1.54) is 50.6 Å². The third kappa shape index (κ3) is 8.76. The zero-order valence-corrected chi connectivity index (χ0v) is 47.3. The molecule has 0 N–H and O–H groups in total. The summed E-state index contributed by atoms with van der Waals surface area (Å²) in [5, 5.41) is 0. The first-order chi connectivity index (χ1) is 33.6. The quantitative estimate of drug-likeness (QED) is 0.138. The maximum Gasteiger partial charge on any atom is 0.153 e. The highest BCUT2D eigenvalue weighted by molar-refractivity contribution is 9.11. The Morgan fingerprint density at radius 3 is 0.500 bits per heavy atom. The Balaban J connectivity index is 0.000000174. The van der Waals surface area contributed by atoms with Crippen LogP contribution in [0.5, 0.6) is 0 Å². The van der Waals surface area contributed by atoms with Crippen molar-refractivity contribution in [2.45, 2.75) is 0 Å². The van der Waals surface area contributed by atoms with Crippen molar-refractivity contribution in [2.75, 3.05) is 95.6 Å². The minimum Gasteiger partial charge on any atom is -0.313 e. The van der Waals surface area contributed by atoms with Gasteiger partial charge in [0.1, 0.15) is 101 Å². The Morgan fingerprint density at radius 2 is 0.343 bits per heavy atom. The number of rotatable bonds is 0. The van der Waals surface area contributed by atoms with E-state index in [4.69, 9.17) is 0 Å². The van der Waals surface area contributed by atoms with Crippen molar-refractivity contribution in [3.63, 3.8) is 0 Å². The zero-order chi connectivity index (χ0) is 49.7. The van der Waals surface area contributed by atoms with E-state index in [1.807, 2.05) is 108 Å². The molecule has 8 aromatic heterocycles. The van der Waals surface area contributed by atoms with Crippen LogP contribution in [-0.2, 0) is 0 Å². The monoisotopic (exact) mass is 1320 g/mol. The number of hydrogen-bond donors (Lipinski definition) is 0. The summed E-state index contributed by atoms with van der Waals surface area (Å²) in [4.78, 5) is 86.5. The normalized spacial score (nSPS) is 13.3. The second-order valence-electron chi connectivity index (χ2n) is 15.0. The SMILES string of the molecule is CN1c2cc(ncn2)N(C)c2ncnc(c2Br)N(C)c2ncnc(c2Br)N(C)c2ncnc1c2Br.CN1c2cc(ncn2)N(C)c2ncnc(c2Br)N(C)c2ncnc(c2Br)N(C)c2ncnc1c2Br. The molecule has 0 unspecified atom stereocenters. The number of nitrogens with zero attached hydrogens (tertiary/aromatic N) is 24. The molecule has 0 fully saturated rings. The molecule has 0 aliphatic carbocycles. The lowest BCUT2D eigenvalue weighted by atomic mass is 10.3. The summed E-state index contributed by atoms with van der Waals surface area (Å²) in [5.41, 5.74) is 0. The van der Waals surface area contributed by atoms with Crippen LogP contribution in [-0.4, -0.2) is 136 Å². The van der Waals surface area contributed by atoms with Crippen LogP contribution in [0.1, 0.15) is 0 Å². The van der Waals surface area contributed by atoms with Gasteiger partial charge in [-0.25, -0.2) is 79.7 Å². The first-order valence-corrected chi connectivity index (χ1v) is 24.9. The predicted molar refractivity (Wildman–Crippen MR) is 287 cm³/mol. The molecule has 0 aromatic carbocycles. The molecule has 0 radical (unpaired) electrons. The second kappa shape index (κ2) is 20.0. The molecule has 0 spiro atoms. The summed E-state index contributed by atoms with van der Waals surface area (Å²) in [6.45, 7) is 0. The van der Waals surface area contributed by atoms with Crippen molar-refractivity contribution in [3.8, 4) is 0 Å². The van der Waals surface area contributed by atoms with Gasteiger partial charge in [0.2, 0.25) is 0 Å².